The SMILES string of the molecule is CC(C)C(Cl)(c1ccccc1)c1nccc2ccccc12. The molecule has 0 aliphatic heterocycles. The highest BCUT2D eigenvalue weighted by molar-refractivity contribution is 6.27. The molecule has 21 heavy (non-hydrogen) atoms. The van der Waals surface area contributed by atoms with E-state index in [9.17, 15) is 0 Å². The molecule has 0 N–H and O–H groups in total. The van der Waals surface area contributed by atoms with E-state index in [0.717, 1.165) is 16.6 Å². The van der Waals surface area contributed by atoms with Crippen molar-refractivity contribution in [2.45, 2.75) is 18.7 Å². The van der Waals surface area contributed by atoms with Gasteiger partial charge in [-0.3, -0.25) is 4.98 Å². The minimum absolute atomic E-state index is 0.222. The Kier molecular flexibility index (Phi) is 3.69. The van der Waals surface area contributed by atoms with Crippen molar-refractivity contribution < 1.29 is 0 Å². The zero-order valence-corrected chi connectivity index (χ0v) is 13.0. The Bertz CT molecular complexity index is 746. The Hall–Kier alpha value is -1.86. The zero-order chi connectivity index (χ0) is 14.9. The molecule has 0 amide bonds. The van der Waals surface area contributed by atoms with Gasteiger partial charge in [0.15, 0.2) is 0 Å². The lowest BCUT2D eigenvalue weighted by Crippen LogP contribution is -2.28. The van der Waals surface area contributed by atoms with Crippen LogP contribution in [0.5, 0.6) is 0 Å². The third-order valence-corrected chi connectivity index (χ3v) is 4.84. The lowest BCUT2D eigenvalue weighted by Gasteiger charge is -2.32. The number of alkyl halides is 1. The Labute approximate surface area is 130 Å². The number of aromatic nitrogens is 1. The summed E-state index contributed by atoms with van der Waals surface area (Å²) in [5, 5.41) is 2.29. The maximum absolute atomic E-state index is 7.14. The Balaban J connectivity index is 2.31. The first-order chi connectivity index (χ1) is 10.1. The molecule has 0 fully saturated rings. The van der Waals surface area contributed by atoms with Gasteiger partial charge in [-0.05, 0) is 22.9 Å². The first-order valence-electron chi connectivity index (χ1n) is 7.22. The van der Waals surface area contributed by atoms with E-state index in [1.807, 2.05) is 42.6 Å². The molecule has 2 aromatic carbocycles. The number of nitrogens with zero attached hydrogens (tertiary/aromatic N) is 1. The van der Waals surface area contributed by atoms with Crippen LogP contribution in [0.1, 0.15) is 25.1 Å². The van der Waals surface area contributed by atoms with Crippen molar-refractivity contribution >= 4 is 22.4 Å². The van der Waals surface area contributed by atoms with Crippen molar-refractivity contribution in [3.8, 4) is 0 Å². The van der Waals surface area contributed by atoms with Crippen molar-refractivity contribution in [3.63, 3.8) is 0 Å². The number of halogens is 1. The van der Waals surface area contributed by atoms with Crippen LogP contribution in [-0.2, 0) is 4.87 Å². The normalized spacial score (nSPS) is 14.3. The van der Waals surface area contributed by atoms with Crippen molar-refractivity contribution in [2.24, 2.45) is 5.92 Å². The van der Waals surface area contributed by atoms with Crippen molar-refractivity contribution in [2.75, 3.05) is 0 Å². The summed E-state index contributed by atoms with van der Waals surface area (Å²) >= 11 is 7.14. The Morgan fingerprint density at radius 3 is 2.29 bits per heavy atom. The molecule has 0 aliphatic carbocycles. The molecule has 0 bridgehead atoms. The van der Waals surface area contributed by atoms with Crippen LogP contribution in [0, 0.1) is 5.92 Å². The summed E-state index contributed by atoms with van der Waals surface area (Å²) < 4.78 is 0. The lowest BCUT2D eigenvalue weighted by atomic mass is 9.82. The molecule has 1 unspecified atom stereocenters. The van der Waals surface area contributed by atoms with Crippen LogP contribution in [0.4, 0.5) is 0 Å². The van der Waals surface area contributed by atoms with Gasteiger partial charge in [-0.2, -0.15) is 0 Å². The standard InChI is InChI=1S/C19H18ClN/c1-14(2)19(20,16-9-4-3-5-10-16)18-17-11-7-6-8-15(17)12-13-21-18/h3-14H,1-2H3. The average Bonchev–Trinajstić information content (AvgIpc) is 2.54. The summed E-state index contributed by atoms with van der Waals surface area (Å²) in [5.41, 5.74) is 2.02. The van der Waals surface area contributed by atoms with Gasteiger partial charge < -0.3 is 0 Å². The molecule has 0 saturated carbocycles. The summed E-state index contributed by atoms with van der Waals surface area (Å²) in [7, 11) is 0. The first-order valence-corrected chi connectivity index (χ1v) is 7.60. The van der Waals surface area contributed by atoms with Gasteiger partial charge >= 0.3 is 0 Å². The molecule has 0 radical (unpaired) electrons. The van der Waals surface area contributed by atoms with E-state index < -0.39 is 4.87 Å². The Morgan fingerprint density at radius 1 is 0.905 bits per heavy atom. The molecule has 0 spiro atoms. The summed E-state index contributed by atoms with van der Waals surface area (Å²) in [6, 6.07) is 20.5. The molecule has 3 rings (SSSR count). The van der Waals surface area contributed by atoms with Crippen LogP contribution in [0.2, 0.25) is 0 Å². The fourth-order valence-electron chi connectivity index (χ4n) is 2.83. The highest BCUT2D eigenvalue weighted by Crippen LogP contribution is 2.44. The lowest BCUT2D eigenvalue weighted by molar-refractivity contribution is 0.499. The molecule has 0 saturated heterocycles. The van der Waals surface area contributed by atoms with E-state index in [-0.39, 0.29) is 5.92 Å². The molecular weight excluding hydrogens is 278 g/mol. The predicted octanol–water partition coefficient (Wildman–Crippen LogP) is 5.37. The smallest absolute Gasteiger partial charge is 0.114 e. The molecule has 106 valence electrons. The molecule has 1 nitrogen and oxygen atoms in total. The van der Waals surface area contributed by atoms with E-state index >= 15 is 0 Å². The first kappa shape index (κ1) is 14.1. The average molecular weight is 296 g/mol. The van der Waals surface area contributed by atoms with Gasteiger partial charge in [0.2, 0.25) is 0 Å². The fraction of sp³-hybridized carbons (Fsp3) is 0.211. The molecular formula is C19H18ClN. The summed E-state index contributed by atoms with van der Waals surface area (Å²) in [6.07, 6.45) is 1.85. The number of rotatable bonds is 3. The highest BCUT2D eigenvalue weighted by Gasteiger charge is 2.37. The van der Waals surface area contributed by atoms with Crippen LogP contribution in [-0.4, -0.2) is 4.98 Å². The van der Waals surface area contributed by atoms with E-state index in [2.05, 4.69) is 43.1 Å². The number of pyridine rings is 1. The second kappa shape index (κ2) is 5.50. The van der Waals surface area contributed by atoms with E-state index in [1.54, 1.807) is 0 Å². The maximum Gasteiger partial charge on any atom is 0.114 e. The topological polar surface area (TPSA) is 12.9 Å². The maximum atomic E-state index is 7.14. The fourth-order valence-corrected chi connectivity index (χ4v) is 3.11. The summed E-state index contributed by atoms with van der Waals surface area (Å²) in [6.45, 7) is 4.28. The number of hydrogen-bond donors (Lipinski definition) is 0. The van der Waals surface area contributed by atoms with Crippen LogP contribution < -0.4 is 0 Å². The third kappa shape index (κ3) is 2.32. The predicted molar refractivity (Wildman–Crippen MR) is 89.7 cm³/mol. The summed E-state index contributed by atoms with van der Waals surface area (Å²) in [4.78, 5) is 4.02. The second-order valence-corrected chi connectivity index (χ2v) is 6.21. The monoisotopic (exact) mass is 295 g/mol. The van der Waals surface area contributed by atoms with Gasteiger partial charge in [0.05, 0.1) is 5.69 Å². The largest absolute Gasteiger partial charge is 0.258 e. The molecule has 1 atom stereocenters. The van der Waals surface area contributed by atoms with Gasteiger partial charge in [-0.1, -0.05) is 68.4 Å². The molecule has 2 heteroatoms. The third-order valence-electron chi connectivity index (χ3n) is 4.01. The minimum atomic E-state index is -0.623. The van der Waals surface area contributed by atoms with Crippen LogP contribution in [0.3, 0.4) is 0 Å². The van der Waals surface area contributed by atoms with Crippen molar-refractivity contribution in [1.29, 1.82) is 0 Å². The van der Waals surface area contributed by atoms with E-state index in [4.69, 9.17) is 11.6 Å². The zero-order valence-electron chi connectivity index (χ0n) is 12.3. The quantitative estimate of drug-likeness (QED) is 0.592. The van der Waals surface area contributed by atoms with E-state index in [1.165, 1.54) is 5.39 Å². The number of fused-ring (bicyclic) bond motifs is 1. The van der Waals surface area contributed by atoms with E-state index in [0.29, 0.717) is 0 Å². The number of benzene rings is 2. The van der Waals surface area contributed by atoms with Crippen LogP contribution in [0.15, 0.2) is 66.9 Å². The Morgan fingerprint density at radius 2 is 1.57 bits per heavy atom. The second-order valence-electron chi connectivity index (χ2n) is 5.61. The van der Waals surface area contributed by atoms with Crippen LogP contribution >= 0.6 is 11.6 Å². The summed E-state index contributed by atoms with van der Waals surface area (Å²) in [5.74, 6) is 0.222. The molecule has 1 heterocycles. The van der Waals surface area contributed by atoms with Gasteiger partial charge in [0, 0.05) is 11.6 Å². The highest BCUT2D eigenvalue weighted by atomic mass is 35.5. The van der Waals surface area contributed by atoms with Gasteiger partial charge in [0.1, 0.15) is 4.87 Å². The van der Waals surface area contributed by atoms with Crippen molar-refractivity contribution in [3.05, 3.63) is 78.1 Å². The molecule has 1 aromatic heterocycles. The van der Waals surface area contributed by atoms with Crippen molar-refractivity contribution in [1.82, 2.24) is 4.98 Å². The van der Waals surface area contributed by atoms with Gasteiger partial charge in [-0.15, -0.1) is 11.6 Å². The molecule has 0 aliphatic rings. The van der Waals surface area contributed by atoms with Crippen LogP contribution in [0.25, 0.3) is 10.8 Å². The number of hydrogen-bond acceptors (Lipinski definition) is 1. The van der Waals surface area contributed by atoms with Gasteiger partial charge in [-0.25, -0.2) is 0 Å². The molecule has 3 aromatic rings. The van der Waals surface area contributed by atoms with Gasteiger partial charge in [0.25, 0.3) is 0 Å². The minimum Gasteiger partial charge on any atom is -0.258 e.